The van der Waals surface area contributed by atoms with E-state index in [2.05, 4.69) is 27.4 Å². The summed E-state index contributed by atoms with van der Waals surface area (Å²) in [4.78, 5) is 16.4. The van der Waals surface area contributed by atoms with Crippen LogP contribution >= 0.6 is 0 Å². The van der Waals surface area contributed by atoms with Crippen LogP contribution < -0.4 is 5.32 Å². The third-order valence-electron chi connectivity index (χ3n) is 3.42. The third kappa shape index (κ3) is 3.82. The number of nitrogens with zero attached hydrogens (tertiary/aromatic N) is 5. The molecule has 1 amide bonds. The molecule has 3 aromatic heterocycles. The molecule has 0 aliphatic carbocycles. The molecule has 0 saturated carbocycles. The van der Waals surface area contributed by atoms with Gasteiger partial charge in [0.25, 0.3) is 5.91 Å². The number of pyridine rings is 1. The molecule has 118 valence electrons. The predicted octanol–water partition coefficient (Wildman–Crippen LogP) is 1.53. The second-order valence-electron chi connectivity index (χ2n) is 5.40. The average molecular weight is 310 g/mol. The quantitative estimate of drug-likeness (QED) is 0.749. The van der Waals surface area contributed by atoms with Gasteiger partial charge in [-0.1, -0.05) is 6.92 Å². The van der Waals surface area contributed by atoms with E-state index in [-0.39, 0.29) is 11.8 Å². The summed E-state index contributed by atoms with van der Waals surface area (Å²) in [6.07, 6.45) is 8.71. The number of amides is 1. The topological polar surface area (TPSA) is 77.6 Å². The molecule has 7 heteroatoms. The van der Waals surface area contributed by atoms with E-state index < -0.39 is 0 Å². The summed E-state index contributed by atoms with van der Waals surface area (Å²) >= 11 is 0. The van der Waals surface area contributed by atoms with Gasteiger partial charge in [0.1, 0.15) is 0 Å². The van der Waals surface area contributed by atoms with E-state index in [9.17, 15) is 4.79 Å². The summed E-state index contributed by atoms with van der Waals surface area (Å²) in [7, 11) is 0. The number of hydrogen-bond donors (Lipinski definition) is 1. The van der Waals surface area contributed by atoms with Crippen molar-refractivity contribution >= 4 is 5.91 Å². The van der Waals surface area contributed by atoms with E-state index in [0.717, 1.165) is 6.54 Å². The lowest BCUT2D eigenvalue weighted by Gasteiger charge is -2.12. The average Bonchev–Trinajstić information content (AvgIpc) is 3.26. The zero-order valence-electron chi connectivity index (χ0n) is 12.8. The zero-order valence-corrected chi connectivity index (χ0v) is 12.8. The first-order valence-corrected chi connectivity index (χ1v) is 7.44. The van der Waals surface area contributed by atoms with E-state index >= 15 is 0 Å². The highest BCUT2D eigenvalue weighted by atomic mass is 16.1. The van der Waals surface area contributed by atoms with Gasteiger partial charge in [0.2, 0.25) is 0 Å². The fourth-order valence-electron chi connectivity index (χ4n) is 2.22. The molecule has 3 rings (SSSR count). The SMILES string of the molecule is C[C@H](CNC(=O)c1ccc(-n2cccn2)nc1)Cn1cccn1. The van der Waals surface area contributed by atoms with Crippen LogP contribution in [0.1, 0.15) is 17.3 Å². The smallest absolute Gasteiger partial charge is 0.252 e. The molecule has 3 heterocycles. The van der Waals surface area contributed by atoms with Crippen LogP contribution in [0.3, 0.4) is 0 Å². The maximum atomic E-state index is 12.2. The number of rotatable bonds is 6. The summed E-state index contributed by atoms with van der Waals surface area (Å²) in [6, 6.07) is 7.23. The fourth-order valence-corrected chi connectivity index (χ4v) is 2.22. The first kappa shape index (κ1) is 15.0. The Morgan fingerprint density at radius 3 is 2.70 bits per heavy atom. The van der Waals surface area contributed by atoms with Crippen LogP contribution in [0, 0.1) is 5.92 Å². The van der Waals surface area contributed by atoms with Gasteiger partial charge < -0.3 is 5.32 Å². The molecule has 0 aliphatic rings. The molecule has 0 fully saturated rings. The van der Waals surface area contributed by atoms with Gasteiger partial charge in [0, 0.05) is 44.1 Å². The Labute approximate surface area is 134 Å². The van der Waals surface area contributed by atoms with Crippen LogP contribution in [0.5, 0.6) is 0 Å². The molecule has 0 spiro atoms. The number of carbonyl (C=O) groups excluding carboxylic acids is 1. The van der Waals surface area contributed by atoms with Crippen LogP contribution in [-0.2, 0) is 6.54 Å². The molecular weight excluding hydrogens is 292 g/mol. The fraction of sp³-hybridized carbons (Fsp3) is 0.250. The van der Waals surface area contributed by atoms with Crippen LogP contribution in [0.25, 0.3) is 5.82 Å². The van der Waals surface area contributed by atoms with E-state index in [1.165, 1.54) is 0 Å². The zero-order chi connectivity index (χ0) is 16.1. The van der Waals surface area contributed by atoms with E-state index in [4.69, 9.17) is 0 Å². The van der Waals surface area contributed by atoms with Crippen LogP contribution in [0.2, 0.25) is 0 Å². The van der Waals surface area contributed by atoms with Crippen molar-refractivity contribution in [1.82, 2.24) is 29.9 Å². The van der Waals surface area contributed by atoms with Gasteiger partial charge in [-0.3, -0.25) is 9.48 Å². The molecule has 1 atom stereocenters. The first-order valence-electron chi connectivity index (χ1n) is 7.44. The summed E-state index contributed by atoms with van der Waals surface area (Å²) < 4.78 is 3.51. The van der Waals surface area contributed by atoms with Gasteiger partial charge in [0.05, 0.1) is 5.56 Å². The van der Waals surface area contributed by atoms with Crippen LogP contribution in [0.15, 0.2) is 55.2 Å². The van der Waals surface area contributed by atoms with Crippen molar-refractivity contribution in [3.8, 4) is 5.82 Å². The third-order valence-corrected chi connectivity index (χ3v) is 3.42. The van der Waals surface area contributed by atoms with Crippen molar-refractivity contribution in [2.45, 2.75) is 13.5 Å². The minimum atomic E-state index is -0.128. The number of aromatic nitrogens is 5. The lowest BCUT2D eigenvalue weighted by Crippen LogP contribution is -2.30. The Morgan fingerprint density at radius 1 is 1.22 bits per heavy atom. The molecule has 0 saturated heterocycles. The van der Waals surface area contributed by atoms with Gasteiger partial charge in [-0.05, 0) is 30.2 Å². The lowest BCUT2D eigenvalue weighted by molar-refractivity contribution is 0.0946. The number of hydrogen-bond acceptors (Lipinski definition) is 4. The minimum absolute atomic E-state index is 0.128. The first-order chi connectivity index (χ1) is 11.2. The number of carbonyl (C=O) groups is 1. The maximum Gasteiger partial charge on any atom is 0.252 e. The van der Waals surface area contributed by atoms with Gasteiger partial charge in [-0.15, -0.1) is 0 Å². The predicted molar refractivity (Wildman–Crippen MR) is 85.1 cm³/mol. The largest absolute Gasteiger partial charge is 0.352 e. The lowest BCUT2D eigenvalue weighted by atomic mass is 10.1. The maximum absolute atomic E-state index is 12.2. The molecule has 23 heavy (non-hydrogen) atoms. The monoisotopic (exact) mass is 310 g/mol. The van der Waals surface area contributed by atoms with Crippen LogP contribution in [-0.4, -0.2) is 37.0 Å². The van der Waals surface area contributed by atoms with Gasteiger partial charge >= 0.3 is 0 Å². The van der Waals surface area contributed by atoms with E-state index in [1.54, 1.807) is 41.6 Å². The molecule has 7 nitrogen and oxygen atoms in total. The van der Waals surface area contributed by atoms with Crippen molar-refractivity contribution in [3.63, 3.8) is 0 Å². The Hall–Kier alpha value is -2.96. The normalized spacial score (nSPS) is 12.0. The van der Waals surface area contributed by atoms with Crippen molar-refractivity contribution < 1.29 is 4.79 Å². The van der Waals surface area contributed by atoms with Gasteiger partial charge in [-0.25, -0.2) is 9.67 Å². The highest BCUT2D eigenvalue weighted by Gasteiger charge is 2.09. The molecule has 0 aromatic carbocycles. The summed E-state index contributed by atoms with van der Waals surface area (Å²) in [6.45, 7) is 3.42. The minimum Gasteiger partial charge on any atom is -0.352 e. The van der Waals surface area contributed by atoms with Gasteiger partial charge in [-0.2, -0.15) is 10.2 Å². The summed E-state index contributed by atoms with van der Waals surface area (Å²) in [5.41, 5.74) is 0.534. The van der Waals surface area contributed by atoms with Crippen molar-refractivity contribution in [2.75, 3.05) is 6.54 Å². The molecule has 0 bridgehead atoms. The summed E-state index contributed by atoms with van der Waals surface area (Å²) in [5.74, 6) is 0.839. The van der Waals surface area contributed by atoms with Gasteiger partial charge in [0.15, 0.2) is 5.82 Å². The Bertz CT molecular complexity index is 733. The molecule has 1 N–H and O–H groups in total. The molecular formula is C16H18N6O. The van der Waals surface area contributed by atoms with Crippen molar-refractivity contribution in [3.05, 3.63) is 60.8 Å². The van der Waals surface area contributed by atoms with E-state index in [0.29, 0.717) is 17.9 Å². The molecule has 0 aliphatic heterocycles. The molecule has 3 aromatic rings. The van der Waals surface area contributed by atoms with Crippen molar-refractivity contribution in [1.29, 1.82) is 0 Å². The Morgan fingerprint density at radius 2 is 2.04 bits per heavy atom. The Balaban J connectivity index is 1.53. The van der Waals surface area contributed by atoms with Crippen LogP contribution in [0.4, 0.5) is 0 Å². The summed E-state index contributed by atoms with van der Waals surface area (Å²) in [5, 5.41) is 11.2. The van der Waals surface area contributed by atoms with E-state index in [1.807, 2.05) is 23.0 Å². The highest BCUT2D eigenvalue weighted by Crippen LogP contribution is 2.05. The second-order valence-corrected chi connectivity index (χ2v) is 5.40. The molecule has 0 radical (unpaired) electrons. The van der Waals surface area contributed by atoms with Crippen molar-refractivity contribution in [2.24, 2.45) is 5.92 Å². The standard InChI is InChI=1S/C16H18N6O/c1-13(12-21-8-2-6-19-21)10-18-16(23)14-4-5-15(17-11-14)22-9-3-7-20-22/h2-9,11,13H,10,12H2,1H3,(H,18,23)/t13-/m1/s1. The Kier molecular flexibility index (Phi) is 4.46. The second kappa shape index (κ2) is 6.87. The highest BCUT2D eigenvalue weighted by molar-refractivity contribution is 5.93. The number of nitrogens with one attached hydrogen (secondary N) is 1. The molecule has 0 unspecified atom stereocenters.